The molecule has 1 heterocycles. The molecule has 0 aromatic heterocycles. The lowest BCUT2D eigenvalue weighted by atomic mass is 9.72. The first-order chi connectivity index (χ1) is 14.5. The van der Waals surface area contributed by atoms with Gasteiger partial charge in [0.1, 0.15) is 0 Å². The molecule has 1 aliphatic heterocycles. The quantitative estimate of drug-likeness (QED) is 0.547. The lowest BCUT2D eigenvalue weighted by Crippen LogP contribution is -2.49. The van der Waals surface area contributed by atoms with Gasteiger partial charge in [0.15, 0.2) is 0 Å². The zero-order chi connectivity index (χ0) is 22.0. The van der Waals surface area contributed by atoms with Gasteiger partial charge in [-0.3, -0.25) is 14.4 Å². The van der Waals surface area contributed by atoms with Crippen molar-refractivity contribution in [3.05, 3.63) is 35.9 Å². The molecule has 0 bridgehead atoms. The maximum atomic E-state index is 12.7. The molecule has 0 unspecified atom stereocenters. The minimum atomic E-state index is -0.691. The number of ether oxygens (including phenoxy) is 1. The Kier molecular flexibility index (Phi) is 9.34. The van der Waals surface area contributed by atoms with Crippen molar-refractivity contribution in [3.8, 4) is 0 Å². The van der Waals surface area contributed by atoms with Crippen LogP contribution in [-0.2, 0) is 24.5 Å². The van der Waals surface area contributed by atoms with Crippen molar-refractivity contribution in [2.45, 2.75) is 64.2 Å². The highest BCUT2D eigenvalue weighted by Gasteiger charge is 2.44. The van der Waals surface area contributed by atoms with Crippen molar-refractivity contribution in [3.63, 3.8) is 0 Å². The van der Waals surface area contributed by atoms with E-state index in [-0.39, 0.29) is 17.8 Å². The molecule has 0 N–H and O–H groups in total. The molecule has 0 aliphatic carbocycles. The smallest absolute Gasteiger partial charge is 0.316 e. The Bertz CT molecular complexity index is 690. The van der Waals surface area contributed by atoms with E-state index in [1.165, 1.54) is 7.11 Å². The van der Waals surface area contributed by atoms with Gasteiger partial charge in [-0.1, -0.05) is 44.2 Å². The molecular formula is C24H36N2O4. The maximum Gasteiger partial charge on any atom is 0.316 e. The van der Waals surface area contributed by atoms with Crippen LogP contribution in [0.3, 0.4) is 0 Å². The molecule has 0 radical (unpaired) electrons. The van der Waals surface area contributed by atoms with Crippen molar-refractivity contribution in [2.75, 3.05) is 33.3 Å². The lowest BCUT2D eigenvalue weighted by Gasteiger charge is -2.40. The van der Waals surface area contributed by atoms with Crippen LogP contribution in [0.2, 0.25) is 0 Å². The third kappa shape index (κ3) is 5.83. The van der Waals surface area contributed by atoms with E-state index in [0.717, 1.165) is 31.5 Å². The number of esters is 1. The van der Waals surface area contributed by atoms with Crippen LogP contribution in [-0.4, -0.2) is 60.9 Å². The number of amides is 2. The summed E-state index contributed by atoms with van der Waals surface area (Å²) in [4.78, 5) is 41.4. The van der Waals surface area contributed by atoms with Crippen LogP contribution in [0.4, 0.5) is 0 Å². The van der Waals surface area contributed by atoms with E-state index in [1.54, 1.807) is 0 Å². The van der Waals surface area contributed by atoms with Gasteiger partial charge in [0.25, 0.3) is 0 Å². The van der Waals surface area contributed by atoms with E-state index in [2.05, 4.69) is 13.8 Å². The van der Waals surface area contributed by atoms with E-state index in [0.29, 0.717) is 45.2 Å². The SMILES string of the molecule is CCCN(CCC)C(=O)CCCC(=O)N1CCC(C(=O)OC)(c2ccccc2)CC1. The Labute approximate surface area is 180 Å². The average Bonchev–Trinajstić information content (AvgIpc) is 2.78. The highest BCUT2D eigenvalue weighted by molar-refractivity contribution is 5.84. The van der Waals surface area contributed by atoms with Crippen LogP contribution < -0.4 is 0 Å². The summed E-state index contributed by atoms with van der Waals surface area (Å²) >= 11 is 0. The Hall–Kier alpha value is -2.37. The normalized spacial score (nSPS) is 15.5. The summed E-state index contributed by atoms with van der Waals surface area (Å²) in [5, 5.41) is 0. The largest absolute Gasteiger partial charge is 0.468 e. The minimum Gasteiger partial charge on any atom is -0.468 e. The van der Waals surface area contributed by atoms with Gasteiger partial charge >= 0.3 is 5.97 Å². The summed E-state index contributed by atoms with van der Waals surface area (Å²) in [7, 11) is 1.42. The minimum absolute atomic E-state index is 0.0619. The fourth-order valence-electron chi connectivity index (χ4n) is 4.31. The summed E-state index contributed by atoms with van der Waals surface area (Å²) in [5.74, 6) is -0.0378. The van der Waals surface area contributed by atoms with Gasteiger partial charge in [-0.05, 0) is 37.7 Å². The molecule has 0 saturated carbocycles. The number of carbonyl (C=O) groups excluding carboxylic acids is 3. The fourth-order valence-corrected chi connectivity index (χ4v) is 4.31. The van der Waals surface area contributed by atoms with Crippen LogP contribution in [0.15, 0.2) is 30.3 Å². The second-order valence-corrected chi connectivity index (χ2v) is 8.05. The van der Waals surface area contributed by atoms with Crippen molar-refractivity contribution in [1.82, 2.24) is 9.80 Å². The van der Waals surface area contributed by atoms with Crippen LogP contribution in [0.25, 0.3) is 0 Å². The van der Waals surface area contributed by atoms with Crippen LogP contribution >= 0.6 is 0 Å². The number of carbonyl (C=O) groups is 3. The highest BCUT2D eigenvalue weighted by Crippen LogP contribution is 2.37. The summed E-state index contributed by atoms with van der Waals surface area (Å²) in [6, 6.07) is 9.69. The van der Waals surface area contributed by atoms with Crippen molar-refractivity contribution < 1.29 is 19.1 Å². The topological polar surface area (TPSA) is 66.9 Å². The molecule has 2 rings (SSSR count). The molecule has 6 nitrogen and oxygen atoms in total. The number of benzene rings is 1. The first-order valence-corrected chi connectivity index (χ1v) is 11.2. The summed E-state index contributed by atoms with van der Waals surface area (Å²) < 4.78 is 5.11. The standard InChI is InChI=1S/C24H36N2O4/c1-4-16-25(17-5-2)21(27)12-9-13-22(28)26-18-14-24(15-19-26,23(29)30-3)20-10-7-6-8-11-20/h6-8,10-11H,4-5,9,12-19H2,1-3H3. The molecule has 1 aliphatic rings. The predicted octanol–water partition coefficient (Wildman–Crippen LogP) is 3.54. The molecule has 6 heteroatoms. The molecule has 1 aromatic carbocycles. The van der Waals surface area contributed by atoms with E-state index < -0.39 is 5.41 Å². The molecular weight excluding hydrogens is 380 g/mol. The molecule has 0 spiro atoms. The zero-order valence-electron chi connectivity index (χ0n) is 18.7. The van der Waals surface area contributed by atoms with Gasteiger partial charge in [-0.25, -0.2) is 0 Å². The van der Waals surface area contributed by atoms with E-state index in [4.69, 9.17) is 4.74 Å². The summed E-state index contributed by atoms with van der Waals surface area (Å²) in [6.07, 6.45) is 4.34. The summed E-state index contributed by atoms with van der Waals surface area (Å²) in [6.45, 7) is 6.74. The molecule has 2 amide bonds. The number of hydrogen-bond acceptors (Lipinski definition) is 4. The van der Waals surface area contributed by atoms with Crippen LogP contribution in [0.1, 0.15) is 64.4 Å². The van der Waals surface area contributed by atoms with Gasteiger partial charge in [0.05, 0.1) is 12.5 Å². The summed E-state index contributed by atoms with van der Waals surface area (Å²) in [5.41, 5.74) is 0.255. The molecule has 1 aromatic rings. The Morgan fingerprint density at radius 2 is 1.60 bits per heavy atom. The number of hydrogen-bond donors (Lipinski definition) is 0. The second-order valence-electron chi connectivity index (χ2n) is 8.05. The maximum absolute atomic E-state index is 12.7. The molecule has 30 heavy (non-hydrogen) atoms. The number of methoxy groups -OCH3 is 1. The Morgan fingerprint density at radius 3 is 2.13 bits per heavy atom. The Morgan fingerprint density at radius 1 is 1.00 bits per heavy atom. The number of likely N-dealkylation sites (tertiary alicyclic amines) is 1. The van der Waals surface area contributed by atoms with Crippen molar-refractivity contribution in [1.29, 1.82) is 0 Å². The highest BCUT2D eigenvalue weighted by atomic mass is 16.5. The third-order valence-corrected chi connectivity index (χ3v) is 5.99. The monoisotopic (exact) mass is 416 g/mol. The van der Waals surface area contributed by atoms with E-state index in [1.807, 2.05) is 40.1 Å². The molecule has 0 atom stereocenters. The molecule has 1 fully saturated rings. The predicted molar refractivity (Wildman–Crippen MR) is 117 cm³/mol. The third-order valence-electron chi connectivity index (χ3n) is 5.99. The Balaban J connectivity index is 1.88. The van der Waals surface area contributed by atoms with Crippen molar-refractivity contribution in [2.24, 2.45) is 0 Å². The van der Waals surface area contributed by atoms with E-state index in [9.17, 15) is 14.4 Å². The number of nitrogens with zero attached hydrogens (tertiary/aromatic N) is 2. The fraction of sp³-hybridized carbons (Fsp3) is 0.625. The molecule has 166 valence electrons. The molecule has 1 saturated heterocycles. The second kappa shape index (κ2) is 11.7. The number of rotatable bonds is 10. The van der Waals surface area contributed by atoms with Gasteiger partial charge in [0.2, 0.25) is 11.8 Å². The van der Waals surface area contributed by atoms with Crippen LogP contribution in [0.5, 0.6) is 0 Å². The van der Waals surface area contributed by atoms with Gasteiger partial charge in [0, 0.05) is 39.0 Å². The van der Waals surface area contributed by atoms with Crippen LogP contribution in [0, 0.1) is 0 Å². The zero-order valence-corrected chi connectivity index (χ0v) is 18.7. The van der Waals surface area contributed by atoms with E-state index >= 15 is 0 Å². The van der Waals surface area contributed by atoms with Gasteiger partial charge < -0.3 is 14.5 Å². The van der Waals surface area contributed by atoms with Gasteiger partial charge in [-0.2, -0.15) is 0 Å². The lowest BCUT2D eigenvalue weighted by molar-refractivity contribution is -0.151. The number of piperidine rings is 1. The first-order valence-electron chi connectivity index (χ1n) is 11.2. The average molecular weight is 417 g/mol. The van der Waals surface area contributed by atoms with Crippen molar-refractivity contribution >= 4 is 17.8 Å². The van der Waals surface area contributed by atoms with Gasteiger partial charge in [-0.15, -0.1) is 0 Å². The first kappa shape index (κ1) is 23.9.